The predicted octanol–water partition coefficient (Wildman–Crippen LogP) is 1.92. The summed E-state index contributed by atoms with van der Waals surface area (Å²) < 4.78 is 10.3. The van der Waals surface area contributed by atoms with Gasteiger partial charge in [0.2, 0.25) is 0 Å². The predicted molar refractivity (Wildman–Crippen MR) is 85.8 cm³/mol. The van der Waals surface area contributed by atoms with Crippen LogP contribution in [0.25, 0.3) is 0 Å². The number of aromatic nitrogens is 2. The molecule has 1 aromatic heterocycles. The molecular formula is C15H14N4O3S. The van der Waals surface area contributed by atoms with E-state index in [0.29, 0.717) is 22.2 Å². The number of nitrogens with two attached hydrogens (primary N) is 1. The molecule has 2 rings (SSSR count). The van der Waals surface area contributed by atoms with E-state index in [-0.39, 0.29) is 22.9 Å². The van der Waals surface area contributed by atoms with Crippen molar-refractivity contribution < 1.29 is 14.3 Å². The van der Waals surface area contributed by atoms with Crippen molar-refractivity contribution in [3.05, 3.63) is 35.5 Å². The summed E-state index contributed by atoms with van der Waals surface area (Å²) in [7, 11) is 3.04. The molecule has 0 aliphatic rings. The Bertz CT molecular complexity index is 774. The van der Waals surface area contributed by atoms with Gasteiger partial charge < -0.3 is 15.2 Å². The van der Waals surface area contributed by atoms with Gasteiger partial charge in [-0.15, -0.1) is 0 Å². The number of methoxy groups -OCH3 is 2. The van der Waals surface area contributed by atoms with Gasteiger partial charge in [0.15, 0.2) is 22.4 Å². The second-order valence-corrected chi connectivity index (χ2v) is 5.29. The molecule has 7 nitrogen and oxygen atoms in total. The maximum atomic E-state index is 12.2. The fourth-order valence-corrected chi connectivity index (χ4v) is 2.47. The van der Waals surface area contributed by atoms with Crippen molar-refractivity contribution in [1.29, 1.82) is 5.26 Å². The molecule has 0 saturated carbocycles. The number of nitriles is 1. The lowest BCUT2D eigenvalue weighted by molar-refractivity contribution is 0.102. The minimum atomic E-state index is -0.109. The number of ketones is 1. The van der Waals surface area contributed by atoms with Crippen molar-refractivity contribution in [2.24, 2.45) is 0 Å². The van der Waals surface area contributed by atoms with Gasteiger partial charge in [0.25, 0.3) is 0 Å². The smallest absolute Gasteiger partial charge is 0.189 e. The molecule has 118 valence electrons. The molecule has 0 atom stereocenters. The number of anilines is 1. The molecule has 23 heavy (non-hydrogen) atoms. The second kappa shape index (κ2) is 7.47. The first-order valence-electron chi connectivity index (χ1n) is 6.49. The van der Waals surface area contributed by atoms with Gasteiger partial charge in [-0.25, -0.2) is 9.97 Å². The van der Waals surface area contributed by atoms with Crippen LogP contribution in [0.3, 0.4) is 0 Å². The molecule has 0 fully saturated rings. The third-order valence-electron chi connectivity index (χ3n) is 2.95. The monoisotopic (exact) mass is 330 g/mol. The van der Waals surface area contributed by atoms with E-state index in [2.05, 4.69) is 9.97 Å². The highest BCUT2D eigenvalue weighted by molar-refractivity contribution is 7.99. The maximum Gasteiger partial charge on any atom is 0.189 e. The minimum absolute atomic E-state index is 0.101. The van der Waals surface area contributed by atoms with E-state index >= 15 is 0 Å². The van der Waals surface area contributed by atoms with E-state index < -0.39 is 0 Å². The van der Waals surface area contributed by atoms with Crippen LogP contribution < -0.4 is 15.2 Å². The second-order valence-electron chi connectivity index (χ2n) is 4.34. The summed E-state index contributed by atoms with van der Waals surface area (Å²) in [6.07, 6.45) is 1.34. The summed E-state index contributed by atoms with van der Waals surface area (Å²) in [5.74, 6) is 1.18. The van der Waals surface area contributed by atoms with Crippen molar-refractivity contribution in [3.63, 3.8) is 0 Å². The summed E-state index contributed by atoms with van der Waals surface area (Å²) in [6, 6.07) is 6.84. The van der Waals surface area contributed by atoms with E-state index in [1.165, 1.54) is 20.4 Å². The van der Waals surface area contributed by atoms with Gasteiger partial charge in [-0.2, -0.15) is 5.26 Å². The summed E-state index contributed by atoms with van der Waals surface area (Å²) in [6.45, 7) is 0. The van der Waals surface area contributed by atoms with Crippen molar-refractivity contribution in [2.45, 2.75) is 5.16 Å². The molecular weight excluding hydrogens is 316 g/mol. The first kappa shape index (κ1) is 16.6. The van der Waals surface area contributed by atoms with E-state index in [1.54, 1.807) is 18.2 Å². The first-order valence-corrected chi connectivity index (χ1v) is 7.48. The highest BCUT2D eigenvalue weighted by atomic mass is 32.2. The SMILES string of the molecule is COc1ccc(C(=O)CSc2ncc(C#N)c(N)n2)cc1OC. The highest BCUT2D eigenvalue weighted by Gasteiger charge is 2.12. The Hall–Kier alpha value is -2.79. The number of hydrogen-bond acceptors (Lipinski definition) is 8. The van der Waals surface area contributed by atoms with Gasteiger partial charge >= 0.3 is 0 Å². The van der Waals surface area contributed by atoms with Crippen LogP contribution in [0.1, 0.15) is 15.9 Å². The van der Waals surface area contributed by atoms with E-state index in [9.17, 15) is 4.79 Å². The lowest BCUT2D eigenvalue weighted by Crippen LogP contribution is -2.05. The van der Waals surface area contributed by atoms with Crippen LogP contribution in [0, 0.1) is 11.3 Å². The third-order valence-corrected chi connectivity index (χ3v) is 3.82. The molecule has 0 radical (unpaired) electrons. The van der Waals surface area contributed by atoms with E-state index in [1.807, 2.05) is 6.07 Å². The Morgan fingerprint density at radius 1 is 1.35 bits per heavy atom. The van der Waals surface area contributed by atoms with Gasteiger partial charge in [-0.05, 0) is 18.2 Å². The normalized spacial score (nSPS) is 9.96. The van der Waals surface area contributed by atoms with Crippen LogP contribution in [0.15, 0.2) is 29.6 Å². The van der Waals surface area contributed by atoms with Crippen LogP contribution in [-0.4, -0.2) is 35.7 Å². The molecule has 1 heterocycles. The van der Waals surface area contributed by atoms with Crippen molar-refractivity contribution in [3.8, 4) is 17.6 Å². The lowest BCUT2D eigenvalue weighted by Gasteiger charge is -2.09. The lowest BCUT2D eigenvalue weighted by atomic mass is 10.1. The standard InChI is InChI=1S/C15H14N4O3S/c1-21-12-4-3-9(5-13(12)22-2)11(20)8-23-15-18-7-10(6-16)14(17)19-15/h3-5,7H,8H2,1-2H3,(H2,17,18,19). The topological polar surface area (TPSA) is 111 Å². The Labute approximate surface area is 137 Å². The van der Waals surface area contributed by atoms with Gasteiger partial charge in [-0.3, -0.25) is 4.79 Å². The molecule has 0 aliphatic carbocycles. The molecule has 0 unspecified atom stereocenters. The molecule has 0 bridgehead atoms. The number of thioether (sulfide) groups is 1. The van der Waals surface area contributed by atoms with Crippen molar-refractivity contribution >= 4 is 23.4 Å². The molecule has 0 aliphatic heterocycles. The summed E-state index contributed by atoms with van der Waals surface area (Å²) in [5.41, 5.74) is 6.32. The van der Waals surface area contributed by atoms with Crippen molar-refractivity contribution in [2.75, 3.05) is 25.7 Å². The number of rotatable bonds is 6. The zero-order valence-corrected chi connectivity index (χ0v) is 13.4. The molecule has 0 amide bonds. The first-order chi connectivity index (χ1) is 11.1. The van der Waals surface area contributed by atoms with Crippen LogP contribution in [0.4, 0.5) is 5.82 Å². The number of nitrogens with zero attached hydrogens (tertiary/aromatic N) is 3. The summed E-state index contributed by atoms with van der Waals surface area (Å²) in [4.78, 5) is 20.2. The van der Waals surface area contributed by atoms with Crippen molar-refractivity contribution in [1.82, 2.24) is 9.97 Å². The van der Waals surface area contributed by atoms with E-state index in [0.717, 1.165) is 11.8 Å². The van der Waals surface area contributed by atoms with Crippen LogP contribution in [-0.2, 0) is 0 Å². The molecule has 0 saturated heterocycles. The van der Waals surface area contributed by atoms with Gasteiger partial charge in [-0.1, -0.05) is 11.8 Å². The number of ether oxygens (including phenoxy) is 2. The Morgan fingerprint density at radius 3 is 2.70 bits per heavy atom. The number of benzene rings is 1. The van der Waals surface area contributed by atoms with Gasteiger partial charge in [0.05, 0.1) is 26.2 Å². The largest absolute Gasteiger partial charge is 0.493 e. The highest BCUT2D eigenvalue weighted by Crippen LogP contribution is 2.28. The number of carbonyl (C=O) groups excluding carboxylic acids is 1. The molecule has 8 heteroatoms. The average molecular weight is 330 g/mol. The van der Waals surface area contributed by atoms with E-state index in [4.69, 9.17) is 20.5 Å². The molecule has 1 aromatic carbocycles. The minimum Gasteiger partial charge on any atom is -0.493 e. The summed E-state index contributed by atoms with van der Waals surface area (Å²) in [5, 5.41) is 9.12. The van der Waals surface area contributed by atoms with Crippen LogP contribution in [0.5, 0.6) is 11.5 Å². The molecule has 2 N–H and O–H groups in total. The number of Topliss-reactive ketones (excluding diaryl/α,β-unsaturated/α-hetero) is 1. The van der Waals surface area contributed by atoms with Crippen LogP contribution in [0.2, 0.25) is 0 Å². The maximum absolute atomic E-state index is 12.2. The number of nitrogen functional groups attached to an aromatic ring is 1. The fraction of sp³-hybridized carbons (Fsp3) is 0.200. The molecule has 2 aromatic rings. The average Bonchev–Trinajstić information content (AvgIpc) is 2.59. The number of carbonyl (C=O) groups is 1. The Balaban J connectivity index is 2.08. The zero-order valence-electron chi connectivity index (χ0n) is 12.6. The van der Waals surface area contributed by atoms with Gasteiger partial charge in [0.1, 0.15) is 17.5 Å². The summed E-state index contributed by atoms with van der Waals surface area (Å²) >= 11 is 1.15. The zero-order chi connectivity index (χ0) is 16.8. The van der Waals surface area contributed by atoms with Gasteiger partial charge in [0, 0.05) is 5.56 Å². The third kappa shape index (κ3) is 3.90. The Kier molecular flexibility index (Phi) is 5.38. The quantitative estimate of drug-likeness (QED) is 0.486. The molecule has 0 spiro atoms. The van der Waals surface area contributed by atoms with Crippen LogP contribution >= 0.6 is 11.8 Å². The number of hydrogen-bond donors (Lipinski definition) is 1. The fourth-order valence-electron chi connectivity index (χ4n) is 1.76. The Morgan fingerprint density at radius 2 is 2.09 bits per heavy atom.